The zero-order valence-electron chi connectivity index (χ0n) is 7.21. The van der Waals surface area contributed by atoms with Crippen LogP contribution in [0.25, 0.3) is 0 Å². The van der Waals surface area contributed by atoms with Crippen molar-refractivity contribution in [1.82, 2.24) is 0 Å². The molecule has 0 N–H and O–H groups in total. The van der Waals surface area contributed by atoms with Crippen molar-refractivity contribution in [2.75, 3.05) is 6.61 Å². The minimum Gasteiger partial charge on any atom is -0.376 e. The van der Waals surface area contributed by atoms with Crippen LogP contribution >= 0.6 is 0 Å². The monoisotopic (exact) mass is 351 g/mol. The summed E-state index contributed by atoms with van der Waals surface area (Å²) in [6.45, 7) is 3.03. The van der Waals surface area contributed by atoms with E-state index in [0.717, 1.165) is 16.8 Å². The Kier molecular flexibility index (Phi) is 5.58. The molecule has 0 radical (unpaired) electrons. The van der Waals surface area contributed by atoms with Crippen molar-refractivity contribution in [3.05, 3.63) is 12.2 Å². The molecule has 1 atom stereocenters. The molecule has 1 saturated heterocycles. The topological polar surface area (TPSA) is 9.23 Å². The molecule has 1 aliphatic heterocycles. The second-order valence-corrected chi connectivity index (χ2v) is 4.81. The largest absolute Gasteiger partial charge is 0.376 e. The molecule has 0 aliphatic carbocycles. The molecule has 1 nitrogen and oxygen atoms in total. The second-order valence-electron chi connectivity index (χ2n) is 3.12. The Hall–Kier alpha value is 0.605. The molecular weight excluding hydrogens is 335 g/mol. The van der Waals surface area contributed by atoms with E-state index in [0.29, 0.717) is 0 Å². The predicted octanol–water partition coefficient (Wildman–Crippen LogP) is 0.822. The molecule has 11 heavy (non-hydrogen) atoms. The zero-order chi connectivity index (χ0) is 7.45. The maximum absolute atomic E-state index is 5.68. The van der Waals surface area contributed by atoms with Gasteiger partial charge in [-0.2, -0.15) is 0 Å². The Morgan fingerprint density at radius 3 is 2.64 bits per heavy atom. The van der Waals surface area contributed by atoms with Crippen LogP contribution in [0.5, 0.6) is 0 Å². The van der Waals surface area contributed by atoms with E-state index in [-0.39, 0.29) is 26.3 Å². The van der Waals surface area contributed by atoms with E-state index in [9.17, 15) is 0 Å². The van der Waals surface area contributed by atoms with E-state index in [1.54, 1.807) is 0 Å². The van der Waals surface area contributed by atoms with Gasteiger partial charge in [0.2, 0.25) is 0 Å². The van der Waals surface area contributed by atoms with Gasteiger partial charge in [0, 0.05) is 37.9 Å². The van der Waals surface area contributed by atoms with Crippen molar-refractivity contribution in [2.45, 2.75) is 31.4 Å². The minimum atomic E-state index is 0. The maximum atomic E-state index is 5.68. The van der Waals surface area contributed by atoms with Crippen molar-refractivity contribution in [3.63, 3.8) is 0 Å². The molecule has 1 heterocycles. The summed E-state index contributed by atoms with van der Waals surface area (Å²) in [5.74, 6) is 0. The molecule has 1 rings (SSSR count). The smallest absolute Gasteiger partial charge is 0.0655 e. The fraction of sp³-hybridized carbons (Fsp3) is 0.750. The van der Waals surface area contributed by atoms with Gasteiger partial charge in [0.1, 0.15) is 0 Å². The Balaban J connectivity index is 0.000001000. The quantitative estimate of drug-likeness (QED) is 0.502. The Bertz CT molecular complexity index is 130. The van der Waals surface area contributed by atoms with Crippen LogP contribution in [0, 0.1) is 0 Å². The van der Waals surface area contributed by atoms with Gasteiger partial charge < -0.3 is 4.74 Å². The third-order valence-corrected chi connectivity index (χ3v) is 3.14. The standard InChI is InChI=1S/C8H16OSi.Pt/c1-2-5-8(10)6-3-4-7-9-8;/h2,5H,3-4,6-7H2,1,10H3;. The van der Waals surface area contributed by atoms with Gasteiger partial charge in [-0.3, -0.25) is 0 Å². The molecule has 1 unspecified atom stereocenters. The van der Waals surface area contributed by atoms with E-state index in [4.69, 9.17) is 4.74 Å². The van der Waals surface area contributed by atoms with E-state index < -0.39 is 0 Å². The van der Waals surface area contributed by atoms with Crippen LogP contribution in [-0.4, -0.2) is 22.1 Å². The number of allylic oxidation sites excluding steroid dienone is 1. The summed E-state index contributed by atoms with van der Waals surface area (Å²) in [6, 6.07) is 0. The van der Waals surface area contributed by atoms with Gasteiger partial charge in [-0.15, -0.1) is 0 Å². The summed E-state index contributed by atoms with van der Waals surface area (Å²) in [5, 5.41) is 0.188. The molecule has 0 saturated carbocycles. The second kappa shape index (κ2) is 5.29. The van der Waals surface area contributed by atoms with Crippen LogP contribution in [0.15, 0.2) is 12.2 Å². The predicted molar refractivity (Wildman–Crippen MR) is 47.3 cm³/mol. The SMILES string of the molecule is CC=CC1([SiH3])CCCCO1.[Pt]. The summed E-state index contributed by atoms with van der Waals surface area (Å²) in [4.78, 5) is 0. The van der Waals surface area contributed by atoms with Crippen molar-refractivity contribution in [1.29, 1.82) is 0 Å². The summed E-state index contributed by atoms with van der Waals surface area (Å²) >= 11 is 0. The third kappa shape index (κ3) is 3.68. The number of rotatable bonds is 1. The van der Waals surface area contributed by atoms with E-state index in [2.05, 4.69) is 19.1 Å². The number of ether oxygens (including phenoxy) is 1. The first-order chi connectivity index (χ1) is 4.77. The minimum absolute atomic E-state index is 0. The molecule has 1 fully saturated rings. The van der Waals surface area contributed by atoms with E-state index in [1.807, 2.05) is 0 Å². The van der Waals surface area contributed by atoms with Crippen LogP contribution in [0.2, 0.25) is 0 Å². The van der Waals surface area contributed by atoms with Crippen LogP contribution in [0.4, 0.5) is 0 Å². The van der Waals surface area contributed by atoms with Gasteiger partial charge in [0.15, 0.2) is 0 Å². The Morgan fingerprint density at radius 2 is 2.18 bits per heavy atom. The molecule has 0 aromatic heterocycles. The van der Waals surface area contributed by atoms with Gasteiger partial charge in [-0.05, 0) is 26.2 Å². The molecule has 0 amide bonds. The Morgan fingerprint density at radius 1 is 1.45 bits per heavy atom. The van der Waals surface area contributed by atoms with Gasteiger partial charge in [-0.25, -0.2) is 0 Å². The van der Waals surface area contributed by atoms with Gasteiger partial charge in [-0.1, -0.05) is 12.2 Å². The fourth-order valence-electron chi connectivity index (χ4n) is 1.44. The van der Waals surface area contributed by atoms with E-state index in [1.165, 1.54) is 19.3 Å². The van der Waals surface area contributed by atoms with Gasteiger partial charge >= 0.3 is 0 Å². The normalized spacial score (nSPS) is 32.1. The summed E-state index contributed by atoms with van der Waals surface area (Å²) in [5.41, 5.74) is 0. The molecule has 0 aromatic carbocycles. The average Bonchev–Trinajstić information content (AvgIpc) is 1.89. The molecule has 3 heteroatoms. The van der Waals surface area contributed by atoms with Gasteiger partial charge in [0.05, 0.1) is 5.22 Å². The Labute approximate surface area is 86.3 Å². The van der Waals surface area contributed by atoms with Crippen molar-refractivity contribution in [2.24, 2.45) is 0 Å². The molecule has 0 spiro atoms. The summed E-state index contributed by atoms with van der Waals surface area (Å²) < 4.78 is 5.68. The van der Waals surface area contributed by atoms with E-state index >= 15 is 0 Å². The van der Waals surface area contributed by atoms with Crippen LogP contribution in [-0.2, 0) is 25.8 Å². The van der Waals surface area contributed by atoms with Crippen LogP contribution < -0.4 is 0 Å². The van der Waals surface area contributed by atoms with Crippen LogP contribution in [0.3, 0.4) is 0 Å². The number of hydrogen-bond donors (Lipinski definition) is 0. The van der Waals surface area contributed by atoms with Crippen LogP contribution in [0.1, 0.15) is 26.2 Å². The van der Waals surface area contributed by atoms with Crippen molar-refractivity contribution >= 4 is 10.2 Å². The first-order valence-electron chi connectivity index (χ1n) is 4.05. The molecule has 68 valence electrons. The van der Waals surface area contributed by atoms with Crippen molar-refractivity contribution in [3.8, 4) is 0 Å². The molecule has 0 aromatic rings. The zero-order valence-corrected chi connectivity index (χ0v) is 11.5. The molecule has 1 aliphatic rings. The molecular formula is C8H16OPtSi. The maximum Gasteiger partial charge on any atom is 0.0655 e. The molecule has 0 bridgehead atoms. The average molecular weight is 351 g/mol. The first kappa shape index (κ1) is 11.6. The van der Waals surface area contributed by atoms with Gasteiger partial charge in [0.25, 0.3) is 0 Å². The van der Waals surface area contributed by atoms with Crippen molar-refractivity contribution < 1.29 is 25.8 Å². The first-order valence-corrected chi connectivity index (χ1v) is 5.05. The fourth-order valence-corrected chi connectivity index (χ4v) is 2.33. The summed E-state index contributed by atoms with van der Waals surface area (Å²) in [7, 11) is 1.13. The number of hydrogen-bond acceptors (Lipinski definition) is 1. The third-order valence-electron chi connectivity index (χ3n) is 2.02. The summed E-state index contributed by atoms with van der Waals surface area (Å²) in [6.07, 6.45) is 8.16.